The van der Waals surface area contributed by atoms with Crippen molar-refractivity contribution in [2.45, 2.75) is 6.54 Å². The minimum Gasteiger partial charge on any atom is -0.497 e. The van der Waals surface area contributed by atoms with E-state index in [0.717, 1.165) is 11.3 Å². The smallest absolute Gasteiger partial charge is 0.409 e. The Morgan fingerprint density at radius 2 is 2.00 bits per heavy atom. The van der Waals surface area contributed by atoms with E-state index < -0.39 is 6.09 Å². The van der Waals surface area contributed by atoms with Crippen molar-refractivity contribution in [1.82, 2.24) is 4.98 Å². The molecule has 0 atom stereocenters. The maximum Gasteiger partial charge on any atom is 0.409 e. The average Bonchev–Trinajstić information content (AvgIpc) is 2.48. The number of carboxylic acid groups (broad SMARTS) is 1. The summed E-state index contributed by atoms with van der Waals surface area (Å²) in [4.78, 5) is 14.6. The second-order valence-electron chi connectivity index (χ2n) is 4.26. The molecule has 7 heteroatoms. The van der Waals surface area contributed by atoms with Crippen molar-refractivity contribution in [1.29, 1.82) is 0 Å². The zero-order chi connectivity index (χ0) is 15.2. The summed E-state index contributed by atoms with van der Waals surface area (Å²) in [7, 11) is 1.62. The van der Waals surface area contributed by atoms with Crippen LogP contribution >= 0.6 is 0 Å². The maximum atomic E-state index is 10.5. The number of hydrogen-bond donors (Lipinski definition) is 4. The summed E-state index contributed by atoms with van der Waals surface area (Å²) < 4.78 is 5.09. The van der Waals surface area contributed by atoms with Crippen molar-refractivity contribution < 1.29 is 14.6 Å². The summed E-state index contributed by atoms with van der Waals surface area (Å²) in [5.74, 6) is 1.49. The SMILES string of the molecule is COc1ccc(CNc2ccc(NC(=O)O)c(N)n2)cc1. The molecule has 0 fully saturated rings. The minimum absolute atomic E-state index is 0.122. The van der Waals surface area contributed by atoms with Gasteiger partial charge in [0.05, 0.1) is 12.8 Å². The van der Waals surface area contributed by atoms with Crippen LogP contribution in [0, 0.1) is 0 Å². The molecular formula is C14H16N4O3. The zero-order valence-electron chi connectivity index (χ0n) is 11.5. The summed E-state index contributed by atoms with van der Waals surface area (Å²) in [5, 5.41) is 13.9. The van der Waals surface area contributed by atoms with Gasteiger partial charge < -0.3 is 20.9 Å². The lowest BCUT2D eigenvalue weighted by atomic mass is 10.2. The largest absolute Gasteiger partial charge is 0.497 e. The normalized spacial score (nSPS) is 9.95. The monoisotopic (exact) mass is 288 g/mol. The van der Waals surface area contributed by atoms with E-state index in [1.807, 2.05) is 24.3 Å². The number of amides is 1. The van der Waals surface area contributed by atoms with Crippen molar-refractivity contribution in [3.05, 3.63) is 42.0 Å². The van der Waals surface area contributed by atoms with Crippen LogP contribution in [0.2, 0.25) is 0 Å². The number of nitrogens with two attached hydrogens (primary N) is 1. The first-order chi connectivity index (χ1) is 10.1. The number of anilines is 3. The zero-order valence-corrected chi connectivity index (χ0v) is 11.5. The molecule has 0 bridgehead atoms. The highest BCUT2D eigenvalue weighted by molar-refractivity contribution is 5.86. The Hall–Kier alpha value is -2.96. The molecule has 5 N–H and O–H groups in total. The fourth-order valence-electron chi connectivity index (χ4n) is 1.73. The van der Waals surface area contributed by atoms with Gasteiger partial charge in [0.25, 0.3) is 0 Å². The molecule has 1 aromatic carbocycles. The van der Waals surface area contributed by atoms with Crippen LogP contribution in [0.15, 0.2) is 36.4 Å². The highest BCUT2D eigenvalue weighted by Crippen LogP contribution is 2.19. The van der Waals surface area contributed by atoms with Crippen molar-refractivity contribution in [2.24, 2.45) is 0 Å². The number of nitrogens with zero attached hydrogens (tertiary/aromatic N) is 1. The summed E-state index contributed by atoms with van der Waals surface area (Å²) in [6.45, 7) is 0.572. The molecule has 2 rings (SSSR count). The number of methoxy groups -OCH3 is 1. The molecule has 0 aliphatic carbocycles. The van der Waals surface area contributed by atoms with Crippen molar-refractivity contribution in [2.75, 3.05) is 23.5 Å². The van der Waals surface area contributed by atoms with Crippen LogP contribution in [0.25, 0.3) is 0 Å². The van der Waals surface area contributed by atoms with Crippen LogP contribution in [0.4, 0.5) is 22.1 Å². The summed E-state index contributed by atoms with van der Waals surface area (Å²) in [5.41, 5.74) is 7.00. The Kier molecular flexibility index (Phi) is 4.45. The van der Waals surface area contributed by atoms with Gasteiger partial charge in [0.2, 0.25) is 0 Å². The van der Waals surface area contributed by atoms with Gasteiger partial charge in [-0.2, -0.15) is 0 Å². The third-order valence-corrected chi connectivity index (χ3v) is 2.80. The van der Waals surface area contributed by atoms with Crippen LogP contribution in [0.3, 0.4) is 0 Å². The van der Waals surface area contributed by atoms with Gasteiger partial charge >= 0.3 is 6.09 Å². The Morgan fingerprint density at radius 1 is 1.29 bits per heavy atom. The first-order valence-electron chi connectivity index (χ1n) is 6.22. The van der Waals surface area contributed by atoms with Crippen molar-refractivity contribution >= 4 is 23.4 Å². The van der Waals surface area contributed by atoms with E-state index in [9.17, 15) is 4.79 Å². The van der Waals surface area contributed by atoms with Gasteiger partial charge in [-0.3, -0.25) is 5.32 Å². The molecule has 7 nitrogen and oxygen atoms in total. The van der Waals surface area contributed by atoms with Crippen molar-refractivity contribution in [3.8, 4) is 5.75 Å². The molecule has 0 radical (unpaired) electrons. The highest BCUT2D eigenvalue weighted by Gasteiger charge is 2.05. The van der Waals surface area contributed by atoms with E-state index >= 15 is 0 Å². The number of benzene rings is 1. The van der Waals surface area contributed by atoms with Crippen LogP contribution in [0.1, 0.15) is 5.56 Å². The average molecular weight is 288 g/mol. The fourth-order valence-corrected chi connectivity index (χ4v) is 1.73. The van der Waals surface area contributed by atoms with E-state index in [-0.39, 0.29) is 11.5 Å². The van der Waals surface area contributed by atoms with Gasteiger partial charge in [0.1, 0.15) is 17.4 Å². The molecule has 1 heterocycles. The van der Waals surface area contributed by atoms with E-state index in [0.29, 0.717) is 12.4 Å². The Balaban J connectivity index is 1.99. The first kappa shape index (κ1) is 14.4. The van der Waals surface area contributed by atoms with Crippen LogP contribution in [0.5, 0.6) is 5.75 Å². The predicted molar refractivity (Wildman–Crippen MR) is 80.6 cm³/mol. The van der Waals surface area contributed by atoms with Crippen LogP contribution in [-0.4, -0.2) is 23.3 Å². The lowest BCUT2D eigenvalue weighted by molar-refractivity contribution is 0.210. The van der Waals surface area contributed by atoms with Gasteiger partial charge in [0, 0.05) is 6.54 Å². The van der Waals surface area contributed by atoms with E-state index in [4.69, 9.17) is 15.6 Å². The number of nitrogen functional groups attached to an aromatic ring is 1. The highest BCUT2D eigenvalue weighted by atomic mass is 16.5. The molecule has 0 unspecified atom stereocenters. The lowest BCUT2D eigenvalue weighted by Crippen LogP contribution is -2.11. The second-order valence-corrected chi connectivity index (χ2v) is 4.26. The number of ether oxygens (including phenoxy) is 1. The maximum absolute atomic E-state index is 10.5. The summed E-state index contributed by atoms with van der Waals surface area (Å²) in [6.07, 6.45) is -1.18. The first-order valence-corrected chi connectivity index (χ1v) is 6.22. The molecule has 0 aliphatic rings. The molecule has 0 aliphatic heterocycles. The molecule has 0 saturated heterocycles. The van der Waals surface area contributed by atoms with Crippen LogP contribution in [-0.2, 0) is 6.54 Å². The Bertz CT molecular complexity index is 629. The quantitative estimate of drug-likeness (QED) is 0.672. The molecular weight excluding hydrogens is 272 g/mol. The number of pyridine rings is 1. The summed E-state index contributed by atoms with van der Waals surface area (Å²) >= 11 is 0. The van der Waals surface area contributed by atoms with Crippen LogP contribution < -0.4 is 21.1 Å². The minimum atomic E-state index is -1.18. The van der Waals surface area contributed by atoms with Gasteiger partial charge in [-0.05, 0) is 29.8 Å². The molecule has 0 spiro atoms. The van der Waals surface area contributed by atoms with Crippen molar-refractivity contribution in [3.63, 3.8) is 0 Å². The van der Waals surface area contributed by atoms with Gasteiger partial charge in [-0.1, -0.05) is 12.1 Å². The molecule has 110 valence electrons. The van der Waals surface area contributed by atoms with Gasteiger partial charge in [0.15, 0.2) is 0 Å². The van der Waals surface area contributed by atoms with E-state index in [1.54, 1.807) is 19.2 Å². The Labute approximate surface area is 121 Å². The van der Waals surface area contributed by atoms with Gasteiger partial charge in [-0.25, -0.2) is 9.78 Å². The third kappa shape index (κ3) is 4.00. The van der Waals surface area contributed by atoms with E-state index in [2.05, 4.69) is 15.6 Å². The number of nitrogens with one attached hydrogen (secondary N) is 2. The van der Waals surface area contributed by atoms with Gasteiger partial charge in [-0.15, -0.1) is 0 Å². The molecule has 1 aromatic heterocycles. The predicted octanol–water partition coefficient (Wildman–Crippen LogP) is 2.37. The number of rotatable bonds is 5. The molecule has 2 aromatic rings. The third-order valence-electron chi connectivity index (χ3n) is 2.80. The number of aromatic nitrogens is 1. The second kappa shape index (κ2) is 6.47. The molecule has 0 saturated carbocycles. The Morgan fingerprint density at radius 3 is 2.57 bits per heavy atom. The molecule has 1 amide bonds. The topological polar surface area (TPSA) is 110 Å². The number of hydrogen-bond acceptors (Lipinski definition) is 5. The lowest BCUT2D eigenvalue weighted by Gasteiger charge is -2.09. The molecule has 21 heavy (non-hydrogen) atoms. The summed E-state index contributed by atoms with van der Waals surface area (Å²) in [6, 6.07) is 10.8. The standard InChI is InChI=1S/C14H16N4O3/c1-21-10-4-2-9(3-5-10)8-16-12-7-6-11(13(15)18-12)17-14(19)20/h2-7,17H,8H2,1H3,(H,19,20)(H3,15,16,18). The number of carbonyl (C=O) groups is 1. The fraction of sp³-hybridized carbons (Fsp3) is 0.143. The van der Waals surface area contributed by atoms with E-state index in [1.165, 1.54) is 0 Å².